The highest BCUT2D eigenvalue weighted by atomic mass is 32.2. The van der Waals surface area contributed by atoms with E-state index in [-0.39, 0.29) is 12.4 Å². The van der Waals surface area contributed by atoms with Crippen LogP contribution in [-0.4, -0.2) is 66.7 Å². The quantitative estimate of drug-likeness (QED) is 0.358. The van der Waals surface area contributed by atoms with Crippen LogP contribution < -0.4 is 5.90 Å². The summed E-state index contributed by atoms with van der Waals surface area (Å²) in [6.45, 7) is 2.71. The third-order valence-electron chi connectivity index (χ3n) is 1.69. The molecule has 0 aromatic carbocycles. The van der Waals surface area contributed by atoms with Gasteiger partial charge in [0.2, 0.25) is 0 Å². The number of nitrogens with two attached hydrogens (primary N) is 1. The van der Waals surface area contributed by atoms with Crippen LogP contribution in [0.3, 0.4) is 0 Å². The first kappa shape index (κ1) is 16.8. The molecule has 0 rings (SSSR count). The summed E-state index contributed by atoms with van der Waals surface area (Å²) in [5.74, 6) is 4.83. The van der Waals surface area contributed by atoms with Crippen molar-refractivity contribution in [3.63, 3.8) is 0 Å². The second-order valence-electron chi connectivity index (χ2n) is 3.34. The fourth-order valence-electron chi connectivity index (χ4n) is 0.859. The Morgan fingerprint density at radius 3 is 1.65 bits per heavy atom. The van der Waals surface area contributed by atoms with Crippen molar-refractivity contribution in [2.45, 2.75) is 0 Å². The van der Waals surface area contributed by atoms with Crippen LogP contribution >= 0.6 is 0 Å². The second-order valence-corrected chi connectivity index (χ2v) is 5.60. The van der Waals surface area contributed by atoms with Gasteiger partial charge in [-0.25, -0.2) is 14.3 Å². The molecule has 0 heterocycles. The molecule has 0 radical (unpaired) electrons. The molecule has 0 saturated carbocycles. The summed E-state index contributed by atoms with van der Waals surface area (Å²) in [6, 6.07) is 0. The van der Waals surface area contributed by atoms with Crippen molar-refractivity contribution < 1.29 is 27.5 Å². The van der Waals surface area contributed by atoms with Gasteiger partial charge in [-0.3, -0.25) is 0 Å². The van der Waals surface area contributed by atoms with Crippen LogP contribution in [-0.2, 0) is 28.9 Å². The van der Waals surface area contributed by atoms with Crippen LogP contribution in [0.25, 0.3) is 0 Å². The van der Waals surface area contributed by atoms with E-state index in [4.69, 9.17) is 20.1 Å². The molecule has 0 saturated heterocycles. The van der Waals surface area contributed by atoms with E-state index in [2.05, 4.69) is 4.84 Å². The van der Waals surface area contributed by atoms with Gasteiger partial charge in [-0.2, -0.15) is 0 Å². The molecule has 17 heavy (non-hydrogen) atoms. The lowest BCUT2D eigenvalue weighted by Gasteiger charge is -2.06. The summed E-state index contributed by atoms with van der Waals surface area (Å²) in [5.41, 5.74) is 0. The van der Waals surface area contributed by atoms with Crippen molar-refractivity contribution in [2.24, 2.45) is 5.90 Å². The van der Waals surface area contributed by atoms with E-state index in [0.29, 0.717) is 39.6 Å². The van der Waals surface area contributed by atoms with Gasteiger partial charge < -0.3 is 19.0 Å². The summed E-state index contributed by atoms with van der Waals surface area (Å²) in [4.78, 5) is 4.31. The Morgan fingerprint density at radius 1 is 0.824 bits per heavy atom. The standard InChI is InChI=1S/C9H21NO6S/c1-17(11,12)9-8-15-5-4-13-2-3-14-6-7-16-10/h2-10H2,1H3. The smallest absolute Gasteiger partial charge is 0.149 e. The maximum Gasteiger partial charge on any atom is 0.149 e. The lowest BCUT2D eigenvalue weighted by atomic mass is 10.7. The minimum Gasteiger partial charge on any atom is -0.378 e. The third-order valence-corrected chi connectivity index (χ3v) is 2.60. The molecule has 0 aromatic rings. The summed E-state index contributed by atoms with van der Waals surface area (Å²) >= 11 is 0. The Bertz CT molecular complexity index is 256. The van der Waals surface area contributed by atoms with Crippen molar-refractivity contribution in [1.29, 1.82) is 0 Å². The predicted molar refractivity (Wildman–Crippen MR) is 62.3 cm³/mol. The maximum absolute atomic E-state index is 10.7. The molecular formula is C9H21NO6S. The van der Waals surface area contributed by atoms with Crippen molar-refractivity contribution in [3.8, 4) is 0 Å². The van der Waals surface area contributed by atoms with Gasteiger partial charge in [0.05, 0.1) is 52.0 Å². The molecule has 0 aromatic heterocycles. The lowest BCUT2D eigenvalue weighted by Crippen LogP contribution is -2.15. The van der Waals surface area contributed by atoms with E-state index in [1.807, 2.05) is 0 Å². The highest BCUT2D eigenvalue weighted by Gasteiger charge is 2.00. The maximum atomic E-state index is 10.7. The van der Waals surface area contributed by atoms with E-state index >= 15 is 0 Å². The van der Waals surface area contributed by atoms with Gasteiger partial charge in [0.25, 0.3) is 0 Å². The number of rotatable bonds is 12. The van der Waals surface area contributed by atoms with Gasteiger partial charge >= 0.3 is 0 Å². The second kappa shape index (κ2) is 10.9. The molecule has 0 amide bonds. The summed E-state index contributed by atoms with van der Waals surface area (Å²) in [5, 5.41) is 0. The van der Waals surface area contributed by atoms with Crippen molar-refractivity contribution in [2.75, 3.05) is 58.3 Å². The molecule has 0 atom stereocenters. The zero-order valence-electron chi connectivity index (χ0n) is 10.1. The SMILES string of the molecule is CS(=O)(=O)CCOCCOCCOCCON. The largest absolute Gasteiger partial charge is 0.378 e. The minimum atomic E-state index is -2.94. The molecule has 2 N–H and O–H groups in total. The fraction of sp³-hybridized carbons (Fsp3) is 1.00. The van der Waals surface area contributed by atoms with Gasteiger partial charge in [0, 0.05) is 6.26 Å². The molecule has 7 nitrogen and oxygen atoms in total. The van der Waals surface area contributed by atoms with Crippen LogP contribution in [0.5, 0.6) is 0 Å². The topological polar surface area (TPSA) is 97.1 Å². The van der Waals surface area contributed by atoms with Crippen molar-refractivity contribution >= 4 is 9.84 Å². The van der Waals surface area contributed by atoms with Gasteiger partial charge in [0.15, 0.2) is 0 Å². The number of hydrogen-bond donors (Lipinski definition) is 1. The van der Waals surface area contributed by atoms with Crippen molar-refractivity contribution in [1.82, 2.24) is 0 Å². The molecular weight excluding hydrogens is 250 g/mol. The van der Waals surface area contributed by atoms with Crippen molar-refractivity contribution in [3.05, 3.63) is 0 Å². The first-order valence-corrected chi connectivity index (χ1v) is 7.35. The molecule has 0 bridgehead atoms. The van der Waals surface area contributed by atoms with E-state index in [1.54, 1.807) is 0 Å². The number of sulfone groups is 1. The molecule has 0 aliphatic rings. The van der Waals surface area contributed by atoms with Crippen LogP contribution in [0.15, 0.2) is 0 Å². The van der Waals surface area contributed by atoms with Crippen LogP contribution in [0.2, 0.25) is 0 Å². The van der Waals surface area contributed by atoms with Crippen LogP contribution in [0, 0.1) is 0 Å². The van der Waals surface area contributed by atoms with E-state index in [1.165, 1.54) is 6.26 Å². The summed E-state index contributed by atoms with van der Waals surface area (Å²) < 4.78 is 36.8. The van der Waals surface area contributed by atoms with Crippen LogP contribution in [0.4, 0.5) is 0 Å². The Hall–Kier alpha value is -0.250. The van der Waals surface area contributed by atoms with E-state index in [9.17, 15) is 8.42 Å². The summed E-state index contributed by atoms with van der Waals surface area (Å²) in [6.07, 6.45) is 1.18. The zero-order chi connectivity index (χ0) is 13.0. The highest BCUT2D eigenvalue weighted by Crippen LogP contribution is 1.85. The molecule has 0 aliphatic carbocycles. The zero-order valence-corrected chi connectivity index (χ0v) is 10.9. The Morgan fingerprint density at radius 2 is 1.24 bits per heavy atom. The molecule has 0 spiro atoms. The van der Waals surface area contributed by atoms with Gasteiger partial charge in [-0.15, -0.1) is 0 Å². The minimum absolute atomic E-state index is 0.0369. The number of ether oxygens (including phenoxy) is 3. The van der Waals surface area contributed by atoms with E-state index in [0.717, 1.165) is 0 Å². The predicted octanol–water partition coefficient (Wildman–Crippen LogP) is -1.03. The molecule has 0 unspecified atom stereocenters. The Kier molecular flexibility index (Phi) is 10.7. The monoisotopic (exact) mass is 271 g/mol. The molecule has 0 fully saturated rings. The Labute approximate surface area is 102 Å². The number of hydrogen-bond acceptors (Lipinski definition) is 7. The molecule has 104 valence electrons. The molecule has 0 aliphatic heterocycles. The highest BCUT2D eigenvalue weighted by molar-refractivity contribution is 7.90. The third kappa shape index (κ3) is 15.8. The van der Waals surface area contributed by atoms with E-state index < -0.39 is 9.84 Å². The first-order valence-electron chi connectivity index (χ1n) is 5.29. The Balaban J connectivity index is 3.04. The van der Waals surface area contributed by atoms with Crippen LogP contribution in [0.1, 0.15) is 0 Å². The fourth-order valence-corrected chi connectivity index (χ4v) is 1.28. The van der Waals surface area contributed by atoms with Gasteiger partial charge in [-0.1, -0.05) is 0 Å². The summed E-state index contributed by atoms with van der Waals surface area (Å²) in [7, 11) is -2.94. The molecule has 8 heteroatoms. The lowest BCUT2D eigenvalue weighted by molar-refractivity contribution is -0.000530. The van der Waals surface area contributed by atoms with Gasteiger partial charge in [-0.05, 0) is 0 Å². The average molecular weight is 271 g/mol. The van der Waals surface area contributed by atoms with Gasteiger partial charge in [0.1, 0.15) is 9.84 Å². The normalized spacial score (nSPS) is 11.9. The first-order chi connectivity index (χ1) is 8.06. The average Bonchev–Trinajstić information content (AvgIpc) is 2.24.